The predicted molar refractivity (Wildman–Crippen MR) is 63.3 cm³/mol. The number of carbonyl (C=O) groups excluding carboxylic acids is 1. The highest BCUT2D eigenvalue weighted by Crippen LogP contribution is 2.36. The topological polar surface area (TPSA) is 29.5 Å². The molecule has 0 aromatic rings. The summed E-state index contributed by atoms with van der Waals surface area (Å²) in [4.78, 5) is 14.0. The van der Waals surface area contributed by atoms with Crippen LogP contribution in [0, 0.1) is 5.41 Å². The van der Waals surface area contributed by atoms with Crippen molar-refractivity contribution in [2.75, 3.05) is 6.61 Å². The van der Waals surface area contributed by atoms with Crippen molar-refractivity contribution in [1.29, 1.82) is 0 Å². The van der Waals surface area contributed by atoms with Crippen molar-refractivity contribution >= 4 is 6.09 Å². The van der Waals surface area contributed by atoms with Crippen LogP contribution in [0.1, 0.15) is 52.9 Å². The van der Waals surface area contributed by atoms with E-state index in [0.717, 1.165) is 0 Å². The number of hydrogen-bond donors (Lipinski definition) is 0. The van der Waals surface area contributed by atoms with Crippen LogP contribution >= 0.6 is 0 Å². The number of amides is 1. The number of fused-ring (bicyclic) bond motifs is 2. The molecule has 2 rings (SSSR count). The maximum atomic E-state index is 12.0. The zero-order chi connectivity index (χ0) is 11.8. The van der Waals surface area contributed by atoms with Gasteiger partial charge < -0.3 is 9.64 Å². The van der Waals surface area contributed by atoms with Crippen LogP contribution in [0.4, 0.5) is 4.79 Å². The van der Waals surface area contributed by atoms with Crippen LogP contribution in [0.25, 0.3) is 0 Å². The quantitative estimate of drug-likeness (QED) is 0.686. The second-order valence-electron chi connectivity index (χ2n) is 6.34. The number of ether oxygens (including phenoxy) is 1. The zero-order valence-corrected chi connectivity index (χ0v) is 10.7. The standard InChI is InChI=1S/C13H23NO2/c1-13(2,3)9-16-12(15)14-10-5-4-6-11(14)8-7-10/h10-11H,4-9H2,1-3H3. The molecule has 2 aliphatic heterocycles. The Labute approximate surface area is 98.1 Å². The average Bonchev–Trinajstić information content (AvgIpc) is 2.44. The lowest BCUT2D eigenvalue weighted by Crippen LogP contribution is -2.44. The van der Waals surface area contributed by atoms with Crippen molar-refractivity contribution in [2.45, 2.75) is 65.0 Å². The molecule has 0 N–H and O–H groups in total. The molecule has 2 heterocycles. The maximum Gasteiger partial charge on any atom is 0.410 e. The Bertz CT molecular complexity index is 254. The van der Waals surface area contributed by atoms with E-state index in [2.05, 4.69) is 20.8 Å². The second kappa shape index (κ2) is 4.27. The maximum absolute atomic E-state index is 12.0. The van der Waals surface area contributed by atoms with E-state index < -0.39 is 0 Å². The SMILES string of the molecule is CC(C)(C)COC(=O)N1C2CCCC1CC2. The molecule has 2 atom stereocenters. The first kappa shape index (κ1) is 11.7. The molecule has 2 fully saturated rings. The Kier molecular flexibility index (Phi) is 3.13. The second-order valence-corrected chi connectivity index (χ2v) is 6.34. The molecule has 92 valence electrons. The first-order valence-corrected chi connectivity index (χ1v) is 6.42. The first-order chi connectivity index (χ1) is 7.47. The van der Waals surface area contributed by atoms with Crippen LogP contribution in [-0.2, 0) is 4.74 Å². The minimum absolute atomic E-state index is 0.0600. The van der Waals surface area contributed by atoms with Gasteiger partial charge in [0.05, 0.1) is 6.61 Å². The van der Waals surface area contributed by atoms with Crippen molar-refractivity contribution in [3.63, 3.8) is 0 Å². The summed E-state index contributed by atoms with van der Waals surface area (Å²) in [6.45, 7) is 6.78. The average molecular weight is 225 g/mol. The molecular formula is C13H23NO2. The molecule has 2 saturated heterocycles. The van der Waals surface area contributed by atoms with E-state index >= 15 is 0 Å². The van der Waals surface area contributed by atoms with Crippen molar-refractivity contribution in [3.8, 4) is 0 Å². The van der Waals surface area contributed by atoms with Crippen LogP contribution < -0.4 is 0 Å². The smallest absolute Gasteiger partial charge is 0.410 e. The van der Waals surface area contributed by atoms with E-state index in [4.69, 9.17) is 4.74 Å². The van der Waals surface area contributed by atoms with Crippen LogP contribution in [0.5, 0.6) is 0 Å². The van der Waals surface area contributed by atoms with Gasteiger partial charge in [0.2, 0.25) is 0 Å². The first-order valence-electron chi connectivity index (χ1n) is 6.42. The van der Waals surface area contributed by atoms with Gasteiger partial charge in [-0.25, -0.2) is 4.79 Å². The summed E-state index contributed by atoms with van der Waals surface area (Å²) < 4.78 is 5.41. The molecule has 1 amide bonds. The summed E-state index contributed by atoms with van der Waals surface area (Å²) >= 11 is 0. The predicted octanol–water partition coefficient (Wildman–Crippen LogP) is 3.19. The summed E-state index contributed by atoms with van der Waals surface area (Å²) in [5, 5.41) is 0. The lowest BCUT2D eigenvalue weighted by molar-refractivity contribution is 0.0479. The fourth-order valence-corrected chi connectivity index (χ4v) is 2.77. The molecule has 2 unspecified atom stereocenters. The summed E-state index contributed by atoms with van der Waals surface area (Å²) in [5.74, 6) is 0. The highest BCUT2D eigenvalue weighted by Gasteiger charge is 2.40. The van der Waals surface area contributed by atoms with Crippen LogP contribution in [0.15, 0.2) is 0 Å². The molecule has 0 aromatic heterocycles. The van der Waals surface area contributed by atoms with Crippen LogP contribution in [-0.4, -0.2) is 29.7 Å². The van der Waals surface area contributed by atoms with E-state index in [1.807, 2.05) is 4.90 Å². The summed E-state index contributed by atoms with van der Waals surface area (Å²) in [7, 11) is 0. The van der Waals surface area contributed by atoms with Crippen molar-refractivity contribution in [3.05, 3.63) is 0 Å². The van der Waals surface area contributed by atoms with E-state index in [1.165, 1.54) is 32.1 Å². The van der Waals surface area contributed by atoms with E-state index in [1.54, 1.807) is 0 Å². The van der Waals surface area contributed by atoms with Gasteiger partial charge in [-0.3, -0.25) is 0 Å². The third kappa shape index (κ3) is 2.50. The third-order valence-electron chi connectivity index (χ3n) is 3.53. The Hall–Kier alpha value is -0.730. The number of rotatable bonds is 1. The monoisotopic (exact) mass is 225 g/mol. The molecule has 0 radical (unpaired) electrons. The fourth-order valence-electron chi connectivity index (χ4n) is 2.77. The van der Waals surface area contributed by atoms with Gasteiger partial charge in [-0.15, -0.1) is 0 Å². The fraction of sp³-hybridized carbons (Fsp3) is 0.923. The van der Waals surface area contributed by atoms with E-state index in [0.29, 0.717) is 18.7 Å². The lowest BCUT2D eigenvalue weighted by atomic mass is 9.99. The summed E-state index contributed by atoms with van der Waals surface area (Å²) in [6.07, 6.45) is 5.88. The molecule has 2 aliphatic rings. The molecule has 0 aromatic carbocycles. The molecule has 3 heteroatoms. The third-order valence-corrected chi connectivity index (χ3v) is 3.53. The zero-order valence-electron chi connectivity index (χ0n) is 10.7. The molecule has 0 saturated carbocycles. The van der Waals surface area contributed by atoms with Crippen molar-refractivity contribution < 1.29 is 9.53 Å². The highest BCUT2D eigenvalue weighted by molar-refractivity contribution is 5.69. The molecule has 3 nitrogen and oxygen atoms in total. The van der Waals surface area contributed by atoms with Crippen molar-refractivity contribution in [2.24, 2.45) is 5.41 Å². The molecule has 16 heavy (non-hydrogen) atoms. The molecule has 2 bridgehead atoms. The number of carbonyl (C=O) groups is 1. The Morgan fingerprint density at radius 2 is 1.75 bits per heavy atom. The van der Waals surface area contributed by atoms with Gasteiger partial charge in [-0.2, -0.15) is 0 Å². The summed E-state index contributed by atoms with van der Waals surface area (Å²) in [6, 6.07) is 0.928. The minimum atomic E-state index is -0.0814. The normalized spacial score (nSPS) is 29.3. The highest BCUT2D eigenvalue weighted by atomic mass is 16.6. The largest absolute Gasteiger partial charge is 0.449 e. The molecule has 0 spiro atoms. The Balaban J connectivity index is 1.90. The van der Waals surface area contributed by atoms with Crippen LogP contribution in [0.3, 0.4) is 0 Å². The van der Waals surface area contributed by atoms with E-state index in [9.17, 15) is 4.79 Å². The number of piperidine rings is 1. The van der Waals surface area contributed by atoms with Gasteiger partial charge in [-0.05, 0) is 37.5 Å². The Morgan fingerprint density at radius 1 is 1.19 bits per heavy atom. The summed E-state index contributed by atoms with van der Waals surface area (Å²) in [5.41, 5.74) is 0.0600. The van der Waals surface area contributed by atoms with Gasteiger partial charge in [-0.1, -0.05) is 20.8 Å². The van der Waals surface area contributed by atoms with Gasteiger partial charge in [0.15, 0.2) is 0 Å². The number of nitrogens with zero attached hydrogens (tertiary/aromatic N) is 1. The van der Waals surface area contributed by atoms with Gasteiger partial charge in [0.1, 0.15) is 0 Å². The van der Waals surface area contributed by atoms with Gasteiger partial charge in [0.25, 0.3) is 0 Å². The van der Waals surface area contributed by atoms with Crippen LogP contribution in [0.2, 0.25) is 0 Å². The van der Waals surface area contributed by atoms with Gasteiger partial charge >= 0.3 is 6.09 Å². The molecular weight excluding hydrogens is 202 g/mol. The Morgan fingerprint density at radius 3 is 2.25 bits per heavy atom. The van der Waals surface area contributed by atoms with E-state index in [-0.39, 0.29) is 11.5 Å². The lowest BCUT2D eigenvalue weighted by Gasteiger charge is -2.34. The number of hydrogen-bond acceptors (Lipinski definition) is 2. The van der Waals surface area contributed by atoms with Gasteiger partial charge in [0, 0.05) is 12.1 Å². The van der Waals surface area contributed by atoms with Crippen molar-refractivity contribution in [1.82, 2.24) is 4.90 Å². The minimum Gasteiger partial charge on any atom is -0.449 e. The molecule has 0 aliphatic carbocycles.